The van der Waals surface area contributed by atoms with Crippen LogP contribution in [0.1, 0.15) is 46.8 Å². The minimum absolute atomic E-state index is 0.0484. The highest BCUT2D eigenvalue weighted by Gasteiger charge is 2.44. The summed E-state index contributed by atoms with van der Waals surface area (Å²) in [6.45, 7) is -1.77. The number of hydrogen-bond acceptors (Lipinski definition) is 5. The van der Waals surface area contributed by atoms with Crippen molar-refractivity contribution in [2.75, 3.05) is 6.54 Å². The summed E-state index contributed by atoms with van der Waals surface area (Å²) in [4.78, 5) is 31.6. The summed E-state index contributed by atoms with van der Waals surface area (Å²) in [6, 6.07) is 5.28. The molecule has 2 N–H and O–H groups in total. The molecule has 3 aromatic heterocycles. The van der Waals surface area contributed by atoms with E-state index in [-0.39, 0.29) is 34.0 Å². The zero-order valence-electron chi connectivity index (χ0n) is 19.1. The first kappa shape index (κ1) is 24.2. The van der Waals surface area contributed by atoms with Crippen LogP contribution in [-0.4, -0.2) is 48.8 Å². The number of imidazole rings is 2. The van der Waals surface area contributed by atoms with E-state index in [1.807, 2.05) is 0 Å². The van der Waals surface area contributed by atoms with Gasteiger partial charge in [-0.2, -0.15) is 31.4 Å². The van der Waals surface area contributed by atoms with E-state index in [0.29, 0.717) is 23.3 Å². The topological polar surface area (TPSA) is 106 Å². The summed E-state index contributed by atoms with van der Waals surface area (Å²) in [6.07, 6.45) is -6.26. The molecule has 1 saturated heterocycles. The van der Waals surface area contributed by atoms with Crippen molar-refractivity contribution < 1.29 is 35.9 Å². The van der Waals surface area contributed by atoms with Gasteiger partial charge in [0.1, 0.15) is 6.54 Å². The first-order valence-electron chi connectivity index (χ1n) is 11.5. The monoisotopic (exact) mass is 537 g/mol. The van der Waals surface area contributed by atoms with Crippen molar-refractivity contribution in [3.63, 3.8) is 0 Å². The van der Waals surface area contributed by atoms with Crippen LogP contribution in [0.15, 0.2) is 36.7 Å². The molecule has 1 aliphatic heterocycles. The number of hydrogen-bond donors (Lipinski definition) is 2. The van der Waals surface area contributed by atoms with Crippen LogP contribution < -0.4 is 10.6 Å². The molecule has 0 bridgehead atoms. The molecule has 9 nitrogen and oxygen atoms in total. The van der Waals surface area contributed by atoms with Gasteiger partial charge >= 0.3 is 18.4 Å². The fourth-order valence-corrected chi connectivity index (χ4v) is 5.01. The number of urea groups is 1. The average Bonchev–Trinajstić information content (AvgIpc) is 3.32. The SMILES string of the molecule is O=C1NCC(c2cc([C@H]3C[C@@H]3c3ccc4nc(C(F)(F)F)n(CC(F)(F)F)c4c3)c3nccn3n2)C(=O)N1. The second-order valence-electron chi connectivity index (χ2n) is 9.30. The standard InChI is InChI=1S/C23H17F6N7O2/c24-22(25,26)9-35-17-5-10(1-2-15(17)32-20(35)23(27,28)29)11-6-12(11)13-7-16(34-36-4-3-30-18(13)36)14-8-31-21(38)33-19(14)37/h1-5,7,11-12,14H,6,8-9H2,(H2,31,33,37,38)/t11-,12+,14?/m1/s1. The second-order valence-corrected chi connectivity index (χ2v) is 9.30. The van der Waals surface area contributed by atoms with Crippen molar-refractivity contribution in [1.82, 2.24) is 34.8 Å². The van der Waals surface area contributed by atoms with E-state index in [9.17, 15) is 35.9 Å². The number of amides is 3. The summed E-state index contributed by atoms with van der Waals surface area (Å²) < 4.78 is 81.5. The molecule has 1 aromatic carbocycles. The largest absolute Gasteiger partial charge is 0.449 e. The van der Waals surface area contributed by atoms with Crippen LogP contribution in [0.3, 0.4) is 0 Å². The van der Waals surface area contributed by atoms with Crippen molar-refractivity contribution >= 4 is 28.6 Å². The third-order valence-corrected chi connectivity index (χ3v) is 6.76. The summed E-state index contributed by atoms with van der Waals surface area (Å²) in [5, 5.41) is 9.18. The molecule has 15 heteroatoms. The minimum Gasteiger partial charge on any atom is -0.337 e. The number of alkyl halides is 6. The van der Waals surface area contributed by atoms with Crippen LogP contribution in [0.5, 0.6) is 0 Å². The van der Waals surface area contributed by atoms with Gasteiger partial charge in [0.25, 0.3) is 0 Å². The van der Waals surface area contributed by atoms with Crippen molar-refractivity contribution in [1.29, 1.82) is 0 Å². The Morgan fingerprint density at radius 2 is 1.84 bits per heavy atom. The number of imide groups is 1. The van der Waals surface area contributed by atoms with Gasteiger partial charge < -0.3 is 9.88 Å². The number of rotatable bonds is 4. The molecule has 1 aliphatic carbocycles. The highest BCUT2D eigenvalue weighted by Crippen LogP contribution is 2.56. The van der Waals surface area contributed by atoms with Gasteiger partial charge in [-0.25, -0.2) is 19.3 Å². The third kappa shape index (κ3) is 4.20. The maximum absolute atomic E-state index is 13.5. The number of halogens is 6. The van der Waals surface area contributed by atoms with E-state index in [1.165, 1.54) is 22.8 Å². The molecule has 0 spiro atoms. The molecule has 2 fully saturated rings. The number of benzene rings is 1. The van der Waals surface area contributed by atoms with Gasteiger partial charge in [0.15, 0.2) is 5.65 Å². The minimum atomic E-state index is -5.06. The van der Waals surface area contributed by atoms with Gasteiger partial charge in [0.2, 0.25) is 11.7 Å². The van der Waals surface area contributed by atoms with Crippen molar-refractivity contribution in [2.24, 2.45) is 0 Å². The number of nitrogens with one attached hydrogen (secondary N) is 2. The average molecular weight is 537 g/mol. The van der Waals surface area contributed by atoms with Crippen LogP contribution in [0.2, 0.25) is 0 Å². The van der Waals surface area contributed by atoms with Crippen molar-refractivity contribution in [3.8, 4) is 0 Å². The molecule has 0 radical (unpaired) electrons. The van der Waals surface area contributed by atoms with Gasteiger partial charge in [-0.3, -0.25) is 10.1 Å². The highest BCUT2D eigenvalue weighted by atomic mass is 19.4. The van der Waals surface area contributed by atoms with Gasteiger partial charge in [-0.05, 0) is 42.0 Å². The Morgan fingerprint density at radius 1 is 1.05 bits per heavy atom. The lowest BCUT2D eigenvalue weighted by atomic mass is 9.99. The Morgan fingerprint density at radius 3 is 2.55 bits per heavy atom. The van der Waals surface area contributed by atoms with Crippen LogP contribution >= 0.6 is 0 Å². The van der Waals surface area contributed by atoms with E-state index >= 15 is 0 Å². The van der Waals surface area contributed by atoms with Crippen molar-refractivity contribution in [3.05, 3.63) is 59.3 Å². The number of carbonyl (C=O) groups excluding carboxylic acids is 2. The van der Waals surface area contributed by atoms with Gasteiger partial charge in [0, 0.05) is 24.5 Å². The lowest BCUT2D eigenvalue weighted by Crippen LogP contribution is -2.51. The zero-order valence-corrected chi connectivity index (χ0v) is 19.1. The lowest BCUT2D eigenvalue weighted by Gasteiger charge is -2.22. The second kappa shape index (κ2) is 8.16. The van der Waals surface area contributed by atoms with E-state index in [1.54, 1.807) is 18.3 Å². The van der Waals surface area contributed by atoms with Crippen LogP contribution in [0, 0.1) is 0 Å². The summed E-state index contributed by atoms with van der Waals surface area (Å²) in [7, 11) is 0. The number of fused-ring (bicyclic) bond motifs is 2. The molecule has 6 rings (SSSR count). The molecular weight excluding hydrogens is 520 g/mol. The zero-order chi connectivity index (χ0) is 27.0. The Bertz CT molecular complexity index is 1610. The summed E-state index contributed by atoms with van der Waals surface area (Å²) in [5.41, 5.74) is 1.76. The van der Waals surface area contributed by atoms with E-state index in [0.717, 1.165) is 5.56 Å². The van der Waals surface area contributed by atoms with Crippen LogP contribution in [-0.2, 0) is 17.5 Å². The quantitative estimate of drug-likeness (QED) is 0.385. The van der Waals surface area contributed by atoms with Gasteiger partial charge in [-0.15, -0.1) is 0 Å². The molecule has 1 saturated carbocycles. The van der Waals surface area contributed by atoms with E-state index < -0.39 is 42.6 Å². The molecule has 198 valence electrons. The molecular formula is C23H17F6N7O2. The van der Waals surface area contributed by atoms with Gasteiger partial charge in [0.05, 0.1) is 22.6 Å². The third-order valence-electron chi connectivity index (χ3n) is 6.76. The van der Waals surface area contributed by atoms with Gasteiger partial charge in [-0.1, -0.05) is 6.07 Å². The molecule has 1 unspecified atom stereocenters. The molecule has 4 aromatic rings. The Kier molecular flexibility index (Phi) is 5.20. The maximum atomic E-state index is 13.5. The highest BCUT2D eigenvalue weighted by molar-refractivity contribution is 6.00. The summed E-state index contributed by atoms with van der Waals surface area (Å²) >= 11 is 0. The predicted octanol–water partition coefficient (Wildman–Crippen LogP) is 3.85. The first-order valence-corrected chi connectivity index (χ1v) is 11.5. The van der Waals surface area contributed by atoms with Crippen LogP contribution in [0.4, 0.5) is 31.1 Å². The molecule has 38 heavy (non-hydrogen) atoms. The van der Waals surface area contributed by atoms with E-state index in [2.05, 4.69) is 25.7 Å². The fraction of sp³-hybridized carbons (Fsp3) is 0.348. The van der Waals surface area contributed by atoms with Crippen molar-refractivity contribution in [2.45, 2.75) is 43.1 Å². The maximum Gasteiger partial charge on any atom is 0.449 e. The summed E-state index contributed by atoms with van der Waals surface area (Å²) in [5.74, 6) is -3.24. The first-order chi connectivity index (χ1) is 17.9. The Labute approximate surface area is 208 Å². The lowest BCUT2D eigenvalue weighted by molar-refractivity contribution is -0.160. The Hall–Kier alpha value is -4.17. The van der Waals surface area contributed by atoms with E-state index in [4.69, 9.17) is 0 Å². The Balaban J connectivity index is 1.37. The molecule has 4 heterocycles. The normalized spacial score (nSPS) is 22.1. The predicted molar refractivity (Wildman–Crippen MR) is 118 cm³/mol. The number of aromatic nitrogens is 5. The number of carbonyl (C=O) groups is 2. The molecule has 3 atom stereocenters. The molecule has 2 aliphatic rings. The fourth-order valence-electron chi connectivity index (χ4n) is 5.01. The number of nitrogens with zero attached hydrogens (tertiary/aromatic N) is 5. The van der Waals surface area contributed by atoms with Crippen LogP contribution in [0.25, 0.3) is 16.7 Å². The smallest absolute Gasteiger partial charge is 0.337 e. The molecule has 3 amide bonds.